The number of carbonyl (C=O) groups is 2. The number of benzene rings is 2. The summed E-state index contributed by atoms with van der Waals surface area (Å²) in [7, 11) is 3.18. The molecule has 0 fully saturated rings. The van der Waals surface area contributed by atoms with Gasteiger partial charge in [-0.3, -0.25) is 9.59 Å². The maximum atomic E-state index is 12.2. The van der Waals surface area contributed by atoms with Crippen molar-refractivity contribution < 1.29 is 19.1 Å². The average molecular weight is 341 g/mol. The Morgan fingerprint density at radius 1 is 1.04 bits per heavy atom. The summed E-state index contributed by atoms with van der Waals surface area (Å²) in [5.74, 6) is 1.26. The summed E-state index contributed by atoms with van der Waals surface area (Å²) >= 11 is 0. The van der Waals surface area contributed by atoms with Gasteiger partial charge in [0.25, 0.3) is 0 Å². The molecule has 0 atom stereocenters. The van der Waals surface area contributed by atoms with Crippen molar-refractivity contribution in [2.24, 2.45) is 0 Å². The Hall–Kier alpha value is -2.82. The number of Topliss-reactive ketones (excluding diaryl/α,β-unsaturated/α-hetero) is 1. The van der Waals surface area contributed by atoms with Gasteiger partial charge in [-0.1, -0.05) is 12.1 Å². The molecule has 0 saturated carbocycles. The Labute approximate surface area is 148 Å². The first-order valence-electron chi connectivity index (χ1n) is 8.11. The summed E-state index contributed by atoms with van der Waals surface area (Å²) in [6.45, 7) is 2.03. The number of hydrogen-bond donors (Lipinski definition) is 1. The monoisotopic (exact) mass is 341 g/mol. The summed E-state index contributed by atoms with van der Waals surface area (Å²) in [6.07, 6.45) is 0.885. The van der Waals surface area contributed by atoms with E-state index in [0.717, 1.165) is 11.3 Å². The van der Waals surface area contributed by atoms with Gasteiger partial charge in [-0.05, 0) is 49.2 Å². The number of nitrogens with one attached hydrogen (secondary N) is 1. The third kappa shape index (κ3) is 5.35. The first kappa shape index (κ1) is 18.5. The maximum absolute atomic E-state index is 12.2. The van der Waals surface area contributed by atoms with Gasteiger partial charge in [0.1, 0.15) is 11.5 Å². The van der Waals surface area contributed by atoms with Gasteiger partial charge in [0.05, 0.1) is 20.6 Å². The highest BCUT2D eigenvalue weighted by atomic mass is 16.5. The maximum Gasteiger partial charge on any atom is 0.224 e. The Balaban J connectivity index is 1.93. The Morgan fingerprint density at radius 3 is 2.52 bits per heavy atom. The number of amides is 1. The first-order valence-corrected chi connectivity index (χ1v) is 8.11. The van der Waals surface area contributed by atoms with Crippen molar-refractivity contribution in [1.29, 1.82) is 0 Å². The van der Waals surface area contributed by atoms with Crippen molar-refractivity contribution in [3.05, 3.63) is 59.2 Å². The van der Waals surface area contributed by atoms with Crippen LogP contribution >= 0.6 is 0 Å². The van der Waals surface area contributed by atoms with E-state index in [4.69, 9.17) is 9.47 Å². The second-order valence-corrected chi connectivity index (χ2v) is 5.71. The minimum absolute atomic E-state index is 0.0395. The van der Waals surface area contributed by atoms with Gasteiger partial charge in [0.15, 0.2) is 5.78 Å². The van der Waals surface area contributed by atoms with E-state index in [1.165, 1.54) is 6.92 Å². The van der Waals surface area contributed by atoms with Crippen LogP contribution in [-0.2, 0) is 17.6 Å². The molecule has 2 aromatic carbocycles. The molecule has 5 nitrogen and oxygen atoms in total. The van der Waals surface area contributed by atoms with E-state index < -0.39 is 0 Å². The predicted octanol–water partition coefficient (Wildman–Crippen LogP) is 2.81. The predicted molar refractivity (Wildman–Crippen MR) is 96.4 cm³/mol. The van der Waals surface area contributed by atoms with Crippen LogP contribution in [0.3, 0.4) is 0 Å². The molecule has 0 unspecified atom stereocenters. The van der Waals surface area contributed by atoms with E-state index in [-0.39, 0.29) is 18.1 Å². The molecule has 0 spiro atoms. The van der Waals surface area contributed by atoms with Crippen LogP contribution < -0.4 is 14.8 Å². The van der Waals surface area contributed by atoms with Crippen molar-refractivity contribution in [3.63, 3.8) is 0 Å². The van der Waals surface area contributed by atoms with Crippen LogP contribution in [0.15, 0.2) is 42.5 Å². The Morgan fingerprint density at radius 2 is 1.84 bits per heavy atom. The van der Waals surface area contributed by atoms with E-state index in [0.29, 0.717) is 29.8 Å². The fourth-order valence-corrected chi connectivity index (χ4v) is 2.55. The van der Waals surface area contributed by atoms with Gasteiger partial charge in [0.2, 0.25) is 5.91 Å². The molecular weight excluding hydrogens is 318 g/mol. The number of methoxy groups -OCH3 is 2. The van der Waals surface area contributed by atoms with Gasteiger partial charge in [-0.15, -0.1) is 0 Å². The van der Waals surface area contributed by atoms with Gasteiger partial charge in [-0.25, -0.2) is 0 Å². The second-order valence-electron chi connectivity index (χ2n) is 5.71. The zero-order valence-electron chi connectivity index (χ0n) is 14.8. The van der Waals surface area contributed by atoms with Crippen LogP contribution in [-0.4, -0.2) is 32.5 Å². The third-order valence-electron chi connectivity index (χ3n) is 3.91. The first-order chi connectivity index (χ1) is 12.0. The number of ketones is 1. The fourth-order valence-electron chi connectivity index (χ4n) is 2.55. The number of hydrogen-bond acceptors (Lipinski definition) is 4. The normalized spacial score (nSPS) is 10.2. The molecular formula is C20H23NO4. The molecule has 0 radical (unpaired) electrons. The molecule has 0 heterocycles. The van der Waals surface area contributed by atoms with Crippen LogP contribution in [0.25, 0.3) is 0 Å². The summed E-state index contributed by atoms with van der Waals surface area (Å²) in [5, 5.41) is 2.90. The van der Waals surface area contributed by atoms with Gasteiger partial charge >= 0.3 is 0 Å². The zero-order chi connectivity index (χ0) is 18.2. The van der Waals surface area contributed by atoms with Crippen molar-refractivity contribution >= 4 is 11.7 Å². The van der Waals surface area contributed by atoms with Gasteiger partial charge < -0.3 is 14.8 Å². The van der Waals surface area contributed by atoms with Crippen LogP contribution in [0.4, 0.5) is 0 Å². The third-order valence-corrected chi connectivity index (χ3v) is 3.91. The molecule has 1 amide bonds. The van der Waals surface area contributed by atoms with Crippen LogP contribution in [0.5, 0.6) is 11.5 Å². The largest absolute Gasteiger partial charge is 0.497 e. The molecule has 0 saturated heterocycles. The summed E-state index contributed by atoms with van der Waals surface area (Å²) in [4.78, 5) is 23.7. The number of ether oxygens (including phenoxy) is 2. The molecule has 2 rings (SSSR count). The molecule has 132 valence electrons. The second kappa shape index (κ2) is 8.87. The van der Waals surface area contributed by atoms with Gasteiger partial charge in [-0.2, -0.15) is 0 Å². The molecule has 5 heteroatoms. The smallest absolute Gasteiger partial charge is 0.224 e. The molecule has 2 aromatic rings. The van der Waals surface area contributed by atoms with Crippen molar-refractivity contribution in [2.45, 2.75) is 19.8 Å². The molecule has 0 aliphatic rings. The standard InChI is InChI=1S/C20H23NO4/c1-14(22)16-7-8-19(25-3)17(12-16)13-20(23)21-10-9-15-5-4-6-18(11-15)24-2/h4-8,11-12H,9-10,13H2,1-3H3,(H,21,23). The van der Waals surface area contributed by atoms with Crippen molar-refractivity contribution in [3.8, 4) is 11.5 Å². The Bertz CT molecular complexity index is 755. The SMILES string of the molecule is COc1cccc(CCNC(=O)Cc2cc(C(C)=O)ccc2OC)c1. The highest BCUT2D eigenvalue weighted by Crippen LogP contribution is 2.21. The number of rotatable bonds is 8. The lowest BCUT2D eigenvalue weighted by Crippen LogP contribution is -2.27. The fraction of sp³-hybridized carbons (Fsp3) is 0.300. The minimum Gasteiger partial charge on any atom is -0.497 e. The van der Waals surface area contributed by atoms with Gasteiger partial charge in [0, 0.05) is 17.7 Å². The summed E-state index contributed by atoms with van der Waals surface area (Å²) in [5.41, 5.74) is 2.37. The van der Waals surface area contributed by atoms with Crippen molar-refractivity contribution in [2.75, 3.05) is 20.8 Å². The Kier molecular flexibility index (Phi) is 6.57. The van der Waals surface area contributed by atoms with Crippen molar-refractivity contribution in [1.82, 2.24) is 5.32 Å². The van der Waals surface area contributed by atoms with E-state index >= 15 is 0 Å². The molecule has 0 bridgehead atoms. The highest BCUT2D eigenvalue weighted by molar-refractivity contribution is 5.94. The van der Waals surface area contributed by atoms with Crippen LogP contribution in [0.2, 0.25) is 0 Å². The quantitative estimate of drug-likeness (QED) is 0.750. The summed E-state index contributed by atoms with van der Waals surface area (Å²) in [6, 6.07) is 12.9. The van der Waals surface area contributed by atoms with Crippen LogP contribution in [0.1, 0.15) is 28.4 Å². The zero-order valence-corrected chi connectivity index (χ0v) is 14.8. The van der Waals surface area contributed by atoms with E-state index in [2.05, 4.69) is 5.32 Å². The topological polar surface area (TPSA) is 64.6 Å². The highest BCUT2D eigenvalue weighted by Gasteiger charge is 2.11. The number of carbonyl (C=O) groups excluding carboxylic acids is 2. The van der Waals surface area contributed by atoms with E-state index in [1.54, 1.807) is 32.4 Å². The molecule has 1 N–H and O–H groups in total. The molecule has 0 aliphatic carbocycles. The van der Waals surface area contributed by atoms with E-state index in [9.17, 15) is 9.59 Å². The lowest BCUT2D eigenvalue weighted by molar-refractivity contribution is -0.120. The lowest BCUT2D eigenvalue weighted by atomic mass is 10.0. The summed E-state index contributed by atoms with van der Waals surface area (Å²) < 4.78 is 10.5. The molecule has 25 heavy (non-hydrogen) atoms. The van der Waals surface area contributed by atoms with E-state index in [1.807, 2.05) is 24.3 Å². The molecule has 0 aliphatic heterocycles. The molecule has 0 aromatic heterocycles. The average Bonchev–Trinajstić information content (AvgIpc) is 2.61. The minimum atomic E-state index is -0.109. The lowest BCUT2D eigenvalue weighted by Gasteiger charge is -2.11. The van der Waals surface area contributed by atoms with Crippen LogP contribution in [0, 0.1) is 0 Å².